The predicted octanol–water partition coefficient (Wildman–Crippen LogP) is 3.23. The van der Waals surface area contributed by atoms with Gasteiger partial charge in [0.25, 0.3) is 0 Å². The van der Waals surface area contributed by atoms with E-state index in [2.05, 4.69) is 12.0 Å². The molecule has 1 amide bonds. The number of likely N-dealkylation sites (N-methyl/N-ethyl adjacent to an activating group) is 1. The first-order chi connectivity index (χ1) is 12.2. The van der Waals surface area contributed by atoms with Crippen LogP contribution in [0.4, 0.5) is 0 Å². The number of carbonyl (C=O) groups excluding carboxylic acids is 1. The van der Waals surface area contributed by atoms with E-state index in [4.69, 9.17) is 4.74 Å². The van der Waals surface area contributed by atoms with Gasteiger partial charge in [-0.25, -0.2) is 0 Å². The minimum Gasteiger partial charge on any atom is -0.378 e. The number of hydrogen-bond donors (Lipinski definition) is 0. The van der Waals surface area contributed by atoms with Crippen LogP contribution in [0.15, 0.2) is 30.5 Å². The Kier molecular flexibility index (Phi) is 4.28. The van der Waals surface area contributed by atoms with E-state index >= 15 is 0 Å². The maximum absolute atomic E-state index is 12.9. The van der Waals surface area contributed by atoms with Gasteiger partial charge in [0.05, 0.1) is 17.8 Å². The van der Waals surface area contributed by atoms with Crippen LogP contribution in [0.2, 0.25) is 0 Å². The largest absolute Gasteiger partial charge is 0.378 e. The highest BCUT2D eigenvalue weighted by molar-refractivity contribution is 5.82. The number of para-hydroxylation sites is 1. The van der Waals surface area contributed by atoms with E-state index in [1.165, 1.54) is 25.7 Å². The molecule has 134 valence electrons. The molecule has 1 aromatic heterocycles. The van der Waals surface area contributed by atoms with Crippen molar-refractivity contribution in [2.75, 3.05) is 13.7 Å². The maximum atomic E-state index is 12.9. The normalized spacial score (nSPS) is 24.6. The van der Waals surface area contributed by atoms with Gasteiger partial charge in [-0.2, -0.15) is 5.10 Å². The van der Waals surface area contributed by atoms with Crippen molar-refractivity contribution in [3.63, 3.8) is 0 Å². The van der Waals surface area contributed by atoms with Crippen LogP contribution in [-0.2, 0) is 16.1 Å². The lowest BCUT2D eigenvalue weighted by Gasteiger charge is -2.57. The second-order valence-corrected chi connectivity index (χ2v) is 7.50. The van der Waals surface area contributed by atoms with Gasteiger partial charge in [-0.1, -0.05) is 31.0 Å². The minimum atomic E-state index is 0.139. The molecule has 2 aromatic rings. The molecule has 0 N–H and O–H groups in total. The molecule has 5 nitrogen and oxygen atoms in total. The summed E-state index contributed by atoms with van der Waals surface area (Å²) >= 11 is 0. The van der Waals surface area contributed by atoms with E-state index in [1.807, 2.05) is 47.1 Å². The van der Waals surface area contributed by atoms with Crippen LogP contribution < -0.4 is 0 Å². The lowest BCUT2D eigenvalue weighted by molar-refractivity contribution is -0.172. The Morgan fingerprint density at radius 2 is 2.12 bits per heavy atom. The molecule has 0 saturated heterocycles. The topological polar surface area (TPSA) is 47.4 Å². The second-order valence-electron chi connectivity index (χ2n) is 7.50. The number of carbonyl (C=O) groups is 1. The van der Waals surface area contributed by atoms with Gasteiger partial charge >= 0.3 is 0 Å². The molecular weight excluding hydrogens is 314 g/mol. The quantitative estimate of drug-likeness (QED) is 0.839. The molecule has 0 bridgehead atoms. The number of amides is 1. The Morgan fingerprint density at radius 1 is 1.36 bits per heavy atom. The third-order valence-corrected chi connectivity index (χ3v) is 6.34. The van der Waals surface area contributed by atoms with Gasteiger partial charge in [-0.3, -0.25) is 9.48 Å². The summed E-state index contributed by atoms with van der Waals surface area (Å²) in [6.07, 6.45) is 8.00. The number of benzene rings is 1. The molecule has 5 heteroatoms. The third-order valence-electron chi connectivity index (χ3n) is 6.34. The molecule has 2 atom stereocenters. The van der Waals surface area contributed by atoms with Gasteiger partial charge in [0.15, 0.2) is 0 Å². The van der Waals surface area contributed by atoms with Gasteiger partial charge in [0, 0.05) is 30.5 Å². The fourth-order valence-corrected chi connectivity index (χ4v) is 4.96. The zero-order valence-electron chi connectivity index (χ0n) is 15.1. The van der Waals surface area contributed by atoms with Gasteiger partial charge in [0.2, 0.25) is 5.91 Å². The van der Waals surface area contributed by atoms with Crippen molar-refractivity contribution in [2.24, 2.45) is 5.41 Å². The summed E-state index contributed by atoms with van der Waals surface area (Å²) in [5.41, 5.74) is 1.20. The van der Waals surface area contributed by atoms with E-state index in [9.17, 15) is 4.79 Å². The fourth-order valence-electron chi connectivity index (χ4n) is 4.96. The van der Waals surface area contributed by atoms with Crippen molar-refractivity contribution in [2.45, 2.75) is 57.7 Å². The van der Waals surface area contributed by atoms with Gasteiger partial charge < -0.3 is 9.64 Å². The van der Waals surface area contributed by atoms with Crippen LogP contribution in [0.5, 0.6) is 0 Å². The second kappa shape index (κ2) is 6.45. The van der Waals surface area contributed by atoms with Crippen molar-refractivity contribution in [3.05, 3.63) is 30.5 Å². The highest BCUT2D eigenvalue weighted by Gasteiger charge is 2.58. The van der Waals surface area contributed by atoms with Gasteiger partial charge in [-0.05, 0) is 32.3 Å². The standard InChI is InChI=1S/C20H27N3O2/c1-3-25-18-12-17(20(18)10-6-7-11-20)22(2)19(24)14-23-16-9-5-4-8-15(16)13-21-23/h4-5,8-9,13,17-18H,3,6-7,10-12,14H2,1-2H3. The number of hydrogen-bond acceptors (Lipinski definition) is 3. The smallest absolute Gasteiger partial charge is 0.244 e. The van der Waals surface area contributed by atoms with Crippen molar-refractivity contribution >= 4 is 16.8 Å². The molecule has 25 heavy (non-hydrogen) atoms. The van der Waals surface area contributed by atoms with E-state index in [0.29, 0.717) is 18.7 Å². The molecule has 4 rings (SSSR count). The molecule has 2 fully saturated rings. The predicted molar refractivity (Wildman–Crippen MR) is 97.2 cm³/mol. The summed E-state index contributed by atoms with van der Waals surface area (Å²) in [6, 6.07) is 8.33. The first-order valence-corrected chi connectivity index (χ1v) is 9.43. The summed E-state index contributed by atoms with van der Waals surface area (Å²) in [5.74, 6) is 0.139. The number of fused-ring (bicyclic) bond motifs is 1. The summed E-state index contributed by atoms with van der Waals surface area (Å²) in [7, 11) is 1.96. The molecule has 1 aromatic carbocycles. The molecule has 1 heterocycles. The van der Waals surface area contributed by atoms with Crippen LogP contribution in [-0.4, -0.2) is 46.4 Å². The Hall–Kier alpha value is -1.88. The van der Waals surface area contributed by atoms with E-state index in [1.54, 1.807) is 0 Å². The Morgan fingerprint density at radius 3 is 2.88 bits per heavy atom. The molecule has 2 saturated carbocycles. The van der Waals surface area contributed by atoms with Crippen molar-refractivity contribution in [1.29, 1.82) is 0 Å². The van der Waals surface area contributed by atoms with E-state index in [-0.39, 0.29) is 11.3 Å². The van der Waals surface area contributed by atoms with Crippen LogP contribution in [0, 0.1) is 5.41 Å². The monoisotopic (exact) mass is 341 g/mol. The molecule has 0 aliphatic heterocycles. The SMILES string of the molecule is CCOC1CC(N(C)C(=O)Cn2ncc3ccccc32)C12CCCC2. The van der Waals surface area contributed by atoms with Crippen molar-refractivity contribution in [1.82, 2.24) is 14.7 Å². The number of aromatic nitrogens is 2. The minimum absolute atomic E-state index is 0.139. The summed E-state index contributed by atoms with van der Waals surface area (Å²) in [6.45, 7) is 3.12. The Labute approximate surface area is 148 Å². The van der Waals surface area contributed by atoms with Crippen LogP contribution in [0.1, 0.15) is 39.0 Å². The summed E-state index contributed by atoms with van der Waals surface area (Å²) in [5, 5.41) is 5.47. The molecule has 2 aliphatic carbocycles. The third kappa shape index (κ3) is 2.65. The average Bonchev–Trinajstić information content (AvgIpc) is 3.27. The summed E-state index contributed by atoms with van der Waals surface area (Å²) < 4.78 is 7.80. The number of ether oxygens (including phenoxy) is 1. The highest BCUT2D eigenvalue weighted by atomic mass is 16.5. The highest BCUT2D eigenvalue weighted by Crippen LogP contribution is 2.56. The van der Waals surface area contributed by atoms with Crippen molar-refractivity contribution < 1.29 is 9.53 Å². The van der Waals surface area contributed by atoms with Crippen LogP contribution in [0.25, 0.3) is 10.9 Å². The lowest BCUT2D eigenvalue weighted by atomic mass is 9.60. The first kappa shape index (κ1) is 16.6. The molecular formula is C20H27N3O2. The lowest BCUT2D eigenvalue weighted by Crippen LogP contribution is -2.64. The van der Waals surface area contributed by atoms with Crippen LogP contribution >= 0.6 is 0 Å². The van der Waals surface area contributed by atoms with E-state index in [0.717, 1.165) is 23.9 Å². The first-order valence-electron chi connectivity index (χ1n) is 9.43. The average molecular weight is 341 g/mol. The number of rotatable bonds is 5. The van der Waals surface area contributed by atoms with Gasteiger partial charge in [-0.15, -0.1) is 0 Å². The molecule has 0 radical (unpaired) electrons. The Balaban J connectivity index is 1.49. The molecule has 2 unspecified atom stereocenters. The zero-order valence-corrected chi connectivity index (χ0v) is 15.1. The molecule has 2 aliphatic rings. The summed E-state index contributed by atoms with van der Waals surface area (Å²) in [4.78, 5) is 14.9. The van der Waals surface area contributed by atoms with E-state index < -0.39 is 0 Å². The van der Waals surface area contributed by atoms with Crippen molar-refractivity contribution in [3.8, 4) is 0 Å². The number of nitrogens with zero attached hydrogens (tertiary/aromatic N) is 3. The fraction of sp³-hybridized carbons (Fsp3) is 0.600. The Bertz CT molecular complexity index is 763. The zero-order chi connectivity index (χ0) is 17.4. The maximum Gasteiger partial charge on any atom is 0.244 e. The molecule has 1 spiro atoms. The van der Waals surface area contributed by atoms with Gasteiger partial charge in [0.1, 0.15) is 6.54 Å². The van der Waals surface area contributed by atoms with Crippen LogP contribution in [0.3, 0.4) is 0 Å².